The van der Waals surface area contributed by atoms with Crippen molar-refractivity contribution in [2.24, 2.45) is 0 Å². The number of fused-ring (bicyclic) bond motifs is 1. The number of amides is 1. The molecule has 1 aliphatic rings. The van der Waals surface area contributed by atoms with Crippen LogP contribution in [0.1, 0.15) is 0 Å². The van der Waals surface area contributed by atoms with E-state index in [0.29, 0.717) is 11.4 Å². The van der Waals surface area contributed by atoms with E-state index in [2.05, 4.69) is 21.2 Å². The molecule has 0 saturated heterocycles. The molecule has 0 radical (unpaired) electrons. The summed E-state index contributed by atoms with van der Waals surface area (Å²) in [6.45, 7) is -0.0744. The van der Waals surface area contributed by atoms with Gasteiger partial charge in [0.15, 0.2) is 12.4 Å². The summed E-state index contributed by atoms with van der Waals surface area (Å²) < 4.78 is 18.3. The molecule has 1 aromatic carbocycles. The zero-order chi connectivity index (χ0) is 9.42. The first kappa shape index (κ1) is 8.50. The summed E-state index contributed by atoms with van der Waals surface area (Å²) in [6.07, 6.45) is 0. The zero-order valence-electron chi connectivity index (χ0n) is 6.43. The Kier molecular flexibility index (Phi) is 1.95. The van der Waals surface area contributed by atoms with E-state index in [1.54, 1.807) is 0 Å². The first-order valence-corrected chi connectivity index (χ1v) is 4.38. The van der Waals surface area contributed by atoms with Crippen LogP contribution in [0, 0.1) is 5.82 Å². The van der Waals surface area contributed by atoms with Crippen LogP contribution in [0.2, 0.25) is 0 Å². The smallest absolute Gasteiger partial charge is 0.262 e. The van der Waals surface area contributed by atoms with E-state index < -0.39 is 5.82 Å². The lowest BCUT2D eigenvalue weighted by Gasteiger charge is -2.18. The Bertz CT molecular complexity index is 381. The lowest BCUT2D eigenvalue weighted by atomic mass is 10.2. The minimum absolute atomic E-state index is 0.0744. The molecule has 0 saturated carbocycles. The highest BCUT2D eigenvalue weighted by Crippen LogP contribution is 2.36. The van der Waals surface area contributed by atoms with Crippen molar-refractivity contribution in [1.29, 1.82) is 0 Å². The molecule has 2 rings (SSSR count). The summed E-state index contributed by atoms with van der Waals surface area (Å²) in [5.74, 6) is -0.291. The predicted octanol–water partition coefficient (Wildman–Crippen LogP) is 1.92. The molecule has 1 aliphatic heterocycles. The molecule has 0 bridgehead atoms. The van der Waals surface area contributed by atoms with Gasteiger partial charge in [-0.3, -0.25) is 4.79 Å². The molecule has 1 amide bonds. The molecule has 1 N–H and O–H groups in total. The fourth-order valence-electron chi connectivity index (χ4n) is 1.10. The van der Waals surface area contributed by atoms with Crippen LogP contribution in [0.5, 0.6) is 5.75 Å². The number of carbonyl (C=O) groups is 1. The first-order valence-electron chi connectivity index (χ1n) is 3.59. The second-order valence-corrected chi connectivity index (χ2v) is 3.37. The van der Waals surface area contributed by atoms with Crippen molar-refractivity contribution in [2.75, 3.05) is 11.9 Å². The van der Waals surface area contributed by atoms with Crippen molar-refractivity contribution < 1.29 is 13.9 Å². The van der Waals surface area contributed by atoms with Crippen molar-refractivity contribution in [2.45, 2.75) is 0 Å². The maximum Gasteiger partial charge on any atom is 0.262 e. The maximum atomic E-state index is 13.0. The highest BCUT2D eigenvalue weighted by Gasteiger charge is 2.20. The highest BCUT2D eigenvalue weighted by atomic mass is 79.9. The van der Waals surface area contributed by atoms with Gasteiger partial charge >= 0.3 is 0 Å². The first-order chi connectivity index (χ1) is 6.18. The average molecular weight is 246 g/mol. The van der Waals surface area contributed by atoms with E-state index in [0.717, 1.165) is 0 Å². The van der Waals surface area contributed by atoms with Gasteiger partial charge < -0.3 is 10.1 Å². The second kappa shape index (κ2) is 2.99. The van der Waals surface area contributed by atoms with Crippen LogP contribution in [0.4, 0.5) is 10.1 Å². The number of hydrogen-bond donors (Lipinski definition) is 1. The van der Waals surface area contributed by atoms with Crippen LogP contribution in [-0.4, -0.2) is 12.5 Å². The Balaban J connectivity index is 2.53. The van der Waals surface area contributed by atoms with Gasteiger partial charge in [0.2, 0.25) is 0 Å². The Morgan fingerprint density at radius 1 is 1.54 bits per heavy atom. The monoisotopic (exact) mass is 245 g/mol. The average Bonchev–Trinajstić information content (AvgIpc) is 2.12. The highest BCUT2D eigenvalue weighted by molar-refractivity contribution is 9.10. The molecule has 68 valence electrons. The van der Waals surface area contributed by atoms with Gasteiger partial charge in [-0.1, -0.05) is 0 Å². The molecular weight excluding hydrogens is 241 g/mol. The normalized spacial score (nSPS) is 14.5. The predicted molar refractivity (Wildman–Crippen MR) is 48.2 cm³/mol. The van der Waals surface area contributed by atoms with E-state index in [1.807, 2.05) is 0 Å². The Morgan fingerprint density at radius 2 is 2.31 bits per heavy atom. The third-order valence-electron chi connectivity index (χ3n) is 1.67. The summed E-state index contributed by atoms with van der Waals surface area (Å²) in [7, 11) is 0. The molecule has 5 heteroatoms. The number of benzene rings is 1. The van der Waals surface area contributed by atoms with Gasteiger partial charge in [0, 0.05) is 0 Å². The Hall–Kier alpha value is -1.10. The van der Waals surface area contributed by atoms with Gasteiger partial charge in [-0.05, 0) is 28.1 Å². The molecule has 1 heterocycles. The molecule has 0 unspecified atom stereocenters. The van der Waals surface area contributed by atoms with Gasteiger partial charge in [-0.2, -0.15) is 0 Å². The molecule has 0 fully saturated rings. The number of hydrogen-bond acceptors (Lipinski definition) is 2. The molecule has 0 aromatic heterocycles. The summed E-state index contributed by atoms with van der Waals surface area (Å²) in [6, 6.07) is 2.73. The fraction of sp³-hybridized carbons (Fsp3) is 0.125. The van der Waals surface area contributed by atoms with Crippen LogP contribution in [0.15, 0.2) is 16.6 Å². The fourth-order valence-corrected chi connectivity index (χ4v) is 1.56. The van der Waals surface area contributed by atoms with Crippen molar-refractivity contribution in [1.82, 2.24) is 0 Å². The van der Waals surface area contributed by atoms with E-state index in [-0.39, 0.29) is 17.0 Å². The Morgan fingerprint density at radius 3 is 3.08 bits per heavy atom. The van der Waals surface area contributed by atoms with Crippen molar-refractivity contribution in [3.05, 3.63) is 22.4 Å². The van der Waals surface area contributed by atoms with Gasteiger partial charge in [0.1, 0.15) is 5.82 Å². The molecule has 0 spiro atoms. The summed E-state index contributed by atoms with van der Waals surface area (Å²) in [5.41, 5.74) is 0.490. The molecule has 13 heavy (non-hydrogen) atoms. The maximum absolute atomic E-state index is 13.0. The van der Waals surface area contributed by atoms with Crippen LogP contribution in [0.3, 0.4) is 0 Å². The third kappa shape index (κ3) is 1.39. The van der Waals surface area contributed by atoms with Crippen molar-refractivity contribution in [3.63, 3.8) is 0 Å². The lowest BCUT2D eigenvalue weighted by Crippen LogP contribution is -2.25. The molecule has 0 atom stereocenters. The summed E-state index contributed by atoms with van der Waals surface area (Å²) in [4.78, 5) is 10.9. The quantitative estimate of drug-likeness (QED) is 0.759. The summed E-state index contributed by atoms with van der Waals surface area (Å²) in [5, 5.41) is 2.57. The topological polar surface area (TPSA) is 38.3 Å². The number of nitrogens with one attached hydrogen (secondary N) is 1. The van der Waals surface area contributed by atoms with Crippen LogP contribution in [-0.2, 0) is 4.79 Å². The van der Waals surface area contributed by atoms with Gasteiger partial charge in [0.25, 0.3) is 5.91 Å². The minimum atomic E-state index is -0.408. The van der Waals surface area contributed by atoms with Crippen molar-refractivity contribution in [3.8, 4) is 5.75 Å². The van der Waals surface area contributed by atoms with Gasteiger partial charge in [-0.15, -0.1) is 0 Å². The van der Waals surface area contributed by atoms with E-state index in [9.17, 15) is 9.18 Å². The van der Waals surface area contributed by atoms with E-state index in [4.69, 9.17) is 4.74 Å². The van der Waals surface area contributed by atoms with Crippen LogP contribution in [0.25, 0.3) is 0 Å². The number of carbonyl (C=O) groups excluding carboxylic acids is 1. The largest absolute Gasteiger partial charge is 0.480 e. The number of rotatable bonds is 0. The van der Waals surface area contributed by atoms with E-state index in [1.165, 1.54) is 12.1 Å². The number of halogens is 2. The molecular formula is C8H5BrFNO2. The number of ether oxygens (including phenoxy) is 1. The standard InChI is InChI=1S/C8H5BrFNO2/c9-7-4(10)1-2-5-8(7)13-3-6(12)11-5/h1-2H,3H2,(H,11,12). The number of anilines is 1. The third-order valence-corrected chi connectivity index (χ3v) is 2.41. The van der Waals surface area contributed by atoms with E-state index >= 15 is 0 Å². The Labute approximate surface area is 82.0 Å². The minimum Gasteiger partial charge on any atom is -0.480 e. The SMILES string of the molecule is O=C1COc2c(ccc(F)c2Br)N1. The van der Waals surface area contributed by atoms with Crippen molar-refractivity contribution >= 4 is 27.5 Å². The van der Waals surface area contributed by atoms with Gasteiger partial charge in [-0.25, -0.2) is 4.39 Å². The second-order valence-electron chi connectivity index (χ2n) is 2.57. The molecule has 0 aliphatic carbocycles. The van der Waals surface area contributed by atoms with Gasteiger partial charge in [0.05, 0.1) is 10.2 Å². The van der Waals surface area contributed by atoms with Crippen LogP contribution < -0.4 is 10.1 Å². The van der Waals surface area contributed by atoms with Crippen LogP contribution >= 0.6 is 15.9 Å². The summed E-state index contributed by atoms with van der Waals surface area (Å²) >= 11 is 3.03. The lowest BCUT2D eigenvalue weighted by molar-refractivity contribution is -0.118. The molecule has 1 aromatic rings. The zero-order valence-corrected chi connectivity index (χ0v) is 8.02. The molecule has 3 nitrogen and oxygen atoms in total.